The molecule has 0 aromatic rings. The van der Waals surface area contributed by atoms with Gasteiger partial charge in [0.25, 0.3) is 0 Å². The number of rotatable bonds is 4. The highest BCUT2D eigenvalue weighted by Gasteiger charge is 2.41. The van der Waals surface area contributed by atoms with Crippen molar-refractivity contribution in [2.24, 2.45) is 11.1 Å². The summed E-state index contributed by atoms with van der Waals surface area (Å²) < 4.78 is 5.46. The molecule has 4 heteroatoms. The number of ether oxygens (including phenoxy) is 1. The fourth-order valence-electron chi connectivity index (χ4n) is 1.94. The third-order valence-electron chi connectivity index (χ3n) is 3.13. The van der Waals surface area contributed by atoms with Crippen LogP contribution in [-0.4, -0.2) is 29.8 Å². The van der Waals surface area contributed by atoms with Crippen molar-refractivity contribution < 1.29 is 14.6 Å². The predicted molar refractivity (Wildman–Crippen MR) is 57.6 cm³/mol. The molecule has 1 rings (SSSR count). The zero-order valence-electron chi connectivity index (χ0n) is 9.53. The fourth-order valence-corrected chi connectivity index (χ4v) is 1.94. The molecule has 0 aromatic heterocycles. The molecule has 0 aromatic carbocycles. The van der Waals surface area contributed by atoms with E-state index in [9.17, 15) is 9.90 Å². The number of hydrogen-bond donors (Lipinski definition) is 2. The van der Waals surface area contributed by atoms with Crippen molar-refractivity contribution in [1.29, 1.82) is 0 Å². The summed E-state index contributed by atoms with van der Waals surface area (Å²) in [6.07, 6.45) is 2.92. The van der Waals surface area contributed by atoms with E-state index >= 15 is 0 Å². The minimum Gasteiger partial charge on any atom is -0.481 e. The van der Waals surface area contributed by atoms with Crippen molar-refractivity contribution in [3.63, 3.8) is 0 Å². The van der Waals surface area contributed by atoms with Crippen LogP contribution < -0.4 is 5.73 Å². The molecule has 0 saturated heterocycles. The highest BCUT2D eigenvalue weighted by atomic mass is 16.5. The highest BCUT2D eigenvalue weighted by Crippen LogP contribution is 2.36. The van der Waals surface area contributed by atoms with Gasteiger partial charge >= 0.3 is 5.97 Å². The van der Waals surface area contributed by atoms with Gasteiger partial charge in [0, 0.05) is 6.04 Å². The Bertz CT molecular complexity index is 220. The van der Waals surface area contributed by atoms with E-state index in [1.807, 2.05) is 13.8 Å². The number of aliphatic carboxylic acids is 1. The molecule has 0 radical (unpaired) electrons. The molecule has 0 spiro atoms. The van der Waals surface area contributed by atoms with Gasteiger partial charge in [-0.3, -0.25) is 4.79 Å². The van der Waals surface area contributed by atoms with Gasteiger partial charge in [0.1, 0.15) is 0 Å². The topological polar surface area (TPSA) is 72.5 Å². The SMILES string of the molecule is CC(C)OCC1(C(=O)O)CCC(N)CC1. The van der Waals surface area contributed by atoms with E-state index in [1.165, 1.54) is 0 Å². The summed E-state index contributed by atoms with van der Waals surface area (Å²) in [6, 6.07) is 0.163. The Labute approximate surface area is 90.8 Å². The molecular formula is C11H21NO3. The Kier molecular flexibility index (Phi) is 4.11. The number of nitrogens with two attached hydrogens (primary N) is 1. The summed E-state index contributed by atoms with van der Waals surface area (Å²) in [7, 11) is 0. The third-order valence-corrected chi connectivity index (χ3v) is 3.13. The third kappa shape index (κ3) is 3.18. The zero-order chi connectivity index (χ0) is 11.5. The lowest BCUT2D eigenvalue weighted by atomic mass is 9.73. The molecule has 88 valence electrons. The molecule has 0 amide bonds. The first-order valence-electron chi connectivity index (χ1n) is 5.57. The van der Waals surface area contributed by atoms with Gasteiger partial charge in [0.2, 0.25) is 0 Å². The van der Waals surface area contributed by atoms with Gasteiger partial charge in [0.15, 0.2) is 0 Å². The Hall–Kier alpha value is -0.610. The molecule has 0 atom stereocenters. The van der Waals surface area contributed by atoms with Crippen LogP contribution in [0.3, 0.4) is 0 Å². The molecular weight excluding hydrogens is 194 g/mol. The van der Waals surface area contributed by atoms with Gasteiger partial charge in [-0.2, -0.15) is 0 Å². The Morgan fingerprint density at radius 2 is 2.07 bits per heavy atom. The molecule has 3 N–H and O–H groups in total. The number of carboxylic acid groups (broad SMARTS) is 1. The van der Waals surface area contributed by atoms with Gasteiger partial charge in [-0.1, -0.05) is 0 Å². The maximum Gasteiger partial charge on any atom is 0.311 e. The van der Waals surface area contributed by atoms with Crippen LogP contribution in [0.25, 0.3) is 0 Å². The van der Waals surface area contributed by atoms with Crippen molar-refractivity contribution in [3.8, 4) is 0 Å². The molecule has 1 aliphatic rings. The second-order valence-electron chi connectivity index (χ2n) is 4.78. The van der Waals surface area contributed by atoms with Gasteiger partial charge in [-0.15, -0.1) is 0 Å². The molecule has 15 heavy (non-hydrogen) atoms. The van der Waals surface area contributed by atoms with E-state index in [-0.39, 0.29) is 12.1 Å². The van der Waals surface area contributed by atoms with Gasteiger partial charge in [-0.05, 0) is 39.5 Å². The Morgan fingerprint density at radius 3 is 2.47 bits per heavy atom. The summed E-state index contributed by atoms with van der Waals surface area (Å²) in [5, 5.41) is 9.27. The first-order valence-corrected chi connectivity index (χ1v) is 5.57. The van der Waals surface area contributed by atoms with Crippen LogP contribution in [0.4, 0.5) is 0 Å². The van der Waals surface area contributed by atoms with Crippen molar-refractivity contribution in [2.45, 2.75) is 51.7 Å². The lowest BCUT2D eigenvalue weighted by Crippen LogP contribution is -2.43. The molecule has 4 nitrogen and oxygen atoms in total. The monoisotopic (exact) mass is 215 g/mol. The summed E-state index contributed by atoms with van der Waals surface area (Å²) >= 11 is 0. The van der Waals surface area contributed by atoms with Crippen LogP contribution in [0.1, 0.15) is 39.5 Å². The van der Waals surface area contributed by atoms with Gasteiger partial charge in [0.05, 0.1) is 18.1 Å². The van der Waals surface area contributed by atoms with E-state index < -0.39 is 11.4 Å². The van der Waals surface area contributed by atoms with Crippen molar-refractivity contribution in [1.82, 2.24) is 0 Å². The Balaban J connectivity index is 2.59. The first kappa shape index (κ1) is 12.5. The maximum absolute atomic E-state index is 11.3. The number of carboxylic acids is 1. The summed E-state index contributed by atoms with van der Waals surface area (Å²) in [5.41, 5.74) is 5.08. The normalized spacial score (nSPS) is 31.9. The van der Waals surface area contributed by atoms with E-state index in [2.05, 4.69) is 0 Å². The highest BCUT2D eigenvalue weighted by molar-refractivity contribution is 5.75. The van der Waals surface area contributed by atoms with Crippen LogP contribution in [0, 0.1) is 5.41 Å². The molecule has 0 unspecified atom stereocenters. The standard InChI is InChI=1S/C11H21NO3/c1-8(2)15-7-11(10(13)14)5-3-9(12)4-6-11/h8-9H,3-7,12H2,1-2H3,(H,13,14). The summed E-state index contributed by atoms with van der Waals surface area (Å²) in [5.74, 6) is -0.741. The first-order chi connectivity index (χ1) is 6.96. The fraction of sp³-hybridized carbons (Fsp3) is 0.909. The average molecular weight is 215 g/mol. The van der Waals surface area contributed by atoms with E-state index in [0.29, 0.717) is 19.4 Å². The quantitative estimate of drug-likeness (QED) is 0.743. The second-order valence-corrected chi connectivity index (χ2v) is 4.78. The zero-order valence-corrected chi connectivity index (χ0v) is 9.53. The lowest BCUT2D eigenvalue weighted by molar-refractivity contribution is -0.157. The van der Waals surface area contributed by atoms with E-state index in [4.69, 9.17) is 10.5 Å². The second kappa shape index (κ2) is 4.94. The lowest BCUT2D eigenvalue weighted by Gasteiger charge is -2.35. The average Bonchev–Trinajstić information content (AvgIpc) is 2.17. The summed E-state index contributed by atoms with van der Waals surface area (Å²) in [4.78, 5) is 11.3. The van der Waals surface area contributed by atoms with Gasteiger partial charge in [-0.25, -0.2) is 0 Å². The van der Waals surface area contributed by atoms with Crippen LogP contribution in [0.15, 0.2) is 0 Å². The molecule has 1 fully saturated rings. The number of hydrogen-bond acceptors (Lipinski definition) is 3. The molecule has 0 bridgehead atoms. The number of carbonyl (C=O) groups is 1. The van der Waals surface area contributed by atoms with Crippen LogP contribution in [0.5, 0.6) is 0 Å². The largest absolute Gasteiger partial charge is 0.481 e. The maximum atomic E-state index is 11.3. The minimum absolute atomic E-state index is 0.0804. The Morgan fingerprint density at radius 1 is 1.53 bits per heavy atom. The molecule has 0 heterocycles. The molecule has 1 saturated carbocycles. The smallest absolute Gasteiger partial charge is 0.311 e. The van der Waals surface area contributed by atoms with Crippen LogP contribution >= 0.6 is 0 Å². The van der Waals surface area contributed by atoms with E-state index in [0.717, 1.165) is 12.8 Å². The molecule has 0 aliphatic heterocycles. The van der Waals surface area contributed by atoms with Crippen molar-refractivity contribution in [2.75, 3.05) is 6.61 Å². The van der Waals surface area contributed by atoms with Crippen molar-refractivity contribution >= 4 is 5.97 Å². The van der Waals surface area contributed by atoms with Crippen LogP contribution in [-0.2, 0) is 9.53 Å². The van der Waals surface area contributed by atoms with E-state index in [1.54, 1.807) is 0 Å². The van der Waals surface area contributed by atoms with Crippen molar-refractivity contribution in [3.05, 3.63) is 0 Å². The van der Waals surface area contributed by atoms with Gasteiger partial charge < -0.3 is 15.6 Å². The summed E-state index contributed by atoms with van der Waals surface area (Å²) in [6.45, 7) is 4.15. The predicted octanol–water partition coefficient (Wildman–Crippen LogP) is 1.38. The minimum atomic E-state index is -0.741. The molecule has 1 aliphatic carbocycles. The van der Waals surface area contributed by atoms with Crippen LogP contribution in [0.2, 0.25) is 0 Å².